The van der Waals surface area contributed by atoms with Gasteiger partial charge in [0.1, 0.15) is 0 Å². The molecule has 0 aromatic carbocycles. The Kier molecular flexibility index (Phi) is 7.88. The number of nitrogens with zero attached hydrogens (tertiary/aromatic N) is 2. The van der Waals surface area contributed by atoms with E-state index in [0.29, 0.717) is 0 Å². The Morgan fingerprint density at radius 1 is 1.23 bits per heavy atom. The molecule has 1 aromatic rings. The van der Waals surface area contributed by atoms with Gasteiger partial charge in [-0.1, -0.05) is 51.1 Å². The van der Waals surface area contributed by atoms with Gasteiger partial charge in [0.25, 0.3) is 0 Å². The maximum absolute atomic E-state index is 4.89. The molecule has 30 heavy (non-hydrogen) atoms. The minimum atomic E-state index is 0. The van der Waals surface area contributed by atoms with Gasteiger partial charge in [-0.25, -0.2) is 4.98 Å². The molecule has 4 rings (SSSR count). The highest BCUT2D eigenvalue weighted by molar-refractivity contribution is 5.76. The van der Waals surface area contributed by atoms with Crippen LogP contribution >= 0.6 is 0 Å². The van der Waals surface area contributed by atoms with E-state index in [2.05, 4.69) is 71.6 Å². The van der Waals surface area contributed by atoms with E-state index in [1.807, 2.05) is 26.0 Å². The third-order valence-corrected chi connectivity index (χ3v) is 5.62. The number of rotatable bonds is 5. The van der Waals surface area contributed by atoms with Gasteiger partial charge in [0.05, 0.1) is 23.1 Å². The minimum absolute atomic E-state index is 0. The van der Waals surface area contributed by atoms with Crippen LogP contribution in [0.2, 0.25) is 0 Å². The van der Waals surface area contributed by atoms with Gasteiger partial charge in [0.15, 0.2) is 0 Å². The fourth-order valence-electron chi connectivity index (χ4n) is 3.95. The van der Waals surface area contributed by atoms with Crippen molar-refractivity contribution in [3.63, 3.8) is 0 Å². The van der Waals surface area contributed by atoms with Gasteiger partial charge < -0.3 is 5.32 Å². The highest BCUT2D eigenvalue weighted by Gasteiger charge is 2.20. The van der Waals surface area contributed by atoms with Crippen LogP contribution in [0.3, 0.4) is 0 Å². The maximum atomic E-state index is 4.89. The number of hydrogen-bond donors (Lipinski definition) is 1. The first-order valence-electron chi connectivity index (χ1n) is 11.2. The number of aromatic nitrogens is 1. The zero-order valence-electron chi connectivity index (χ0n) is 18.5. The smallest absolute Gasteiger partial charge is 0.0748 e. The summed E-state index contributed by atoms with van der Waals surface area (Å²) in [6.07, 6.45) is 17.4. The lowest BCUT2D eigenvalue weighted by atomic mass is 10.1. The van der Waals surface area contributed by atoms with Crippen molar-refractivity contribution < 1.29 is 1.43 Å². The summed E-state index contributed by atoms with van der Waals surface area (Å²) in [6.45, 7) is 12.4. The van der Waals surface area contributed by atoms with E-state index in [9.17, 15) is 0 Å². The predicted molar refractivity (Wildman–Crippen MR) is 131 cm³/mol. The van der Waals surface area contributed by atoms with Crippen molar-refractivity contribution in [2.75, 3.05) is 13.1 Å². The Morgan fingerprint density at radius 2 is 2.03 bits per heavy atom. The first-order valence-corrected chi connectivity index (χ1v) is 11.2. The van der Waals surface area contributed by atoms with Gasteiger partial charge in [-0.05, 0) is 63.1 Å². The molecule has 1 fully saturated rings. The molecular weight excluding hydrogens is 366 g/mol. The largest absolute Gasteiger partial charge is 0.351 e. The first-order chi connectivity index (χ1) is 14.7. The second-order valence-electron chi connectivity index (χ2n) is 7.51. The fourth-order valence-corrected chi connectivity index (χ4v) is 3.95. The van der Waals surface area contributed by atoms with E-state index in [0.717, 1.165) is 47.9 Å². The molecule has 158 valence electrons. The van der Waals surface area contributed by atoms with Crippen molar-refractivity contribution in [3.8, 4) is 0 Å². The van der Waals surface area contributed by atoms with Crippen LogP contribution in [-0.2, 0) is 0 Å². The van der Waals surface area contributed by atoms with E-state index >= 15 is 0 Å². The highest BCUT2D eigenvalue weighted by atomic mass is 15.2. The third kappa shape index (κ3) is 5.20. The monoisotopic (exact) mass is 401 g/mol. The Balaban J connectivity index is 0.00000111. The van der Waals surface area contributed by atoms with E-state index in [-0.39, 0.29) is 7.47 Å². The molecule has 1 aliphatic heterocycles. The number of allylic oxidation sites excluding steroid dienone is 5. The minimum Gasteiger partial charge on any atom is -0.351 e. The highest BCUT2D eigenvalue weighted by Crippen LogP contribution is 2.24. The number of fused-ring (bicyclic) bond motifs is 1. The number of hydrogen-bond acceptors (Lipinski definition) is 3. The van der Waals surface area contributed by atoms with Crippen LogP contribution in [0.15, 0.2) is 65.9 Å². The van der Waals surface area contributed by atoms with Crippen LogP contribution < -0.4 is 5.32 Å². The summed E-state index contributed by atoms with van der Waals surface area (Å²) in [5.41, 5.74) is 12.6. The molecule has 2 heterocycles. The number of piperidine rings is 1. The molecule has 1 unspecified atom stereocenters. The molecule has 0 bridgehead atoms. The summed E-state index contributed by atoms with van der Waals surface area (Å²) in [6, 6.07) is 4.47. The summed E-state index contributed by atoms with van der Waals surface area (Å²) in [4.78, 5) is 7.39. The Labute approximate surface area is 183 Å². The van der Waals surface area contributed by atoms with Crippen molar-refractivity contribution in [2.24, 2.45) is 0 Å². The molecule has 0 amide bonds. The topological polar surface area (TPSA) is 28.2 Å². The zero-order chi connectivity index (χ0) is 21.3. The standard InChI is InChI=1S/C25H27N3.C2H6.H2/c1-3-23(19(2)28-16-7-4-8-17-28)26-22-13-9-12-21-14-15-24(27-25(21)18-22)20-10-5-6-11-20;1-2;/h5,10-15,18-19,26H,1,4,6-8,16-17H2,2H3;1-2H3;1H. The molecule has 2 aliphatic carbocycles. The Bertz CT molecular complexity index is 964. The number of likely N-dealkylation sites (tertiary alicyclic amines) is 1. The molecule has 1 saturated heterocycles. The molecular formula is C27H35N3. The second kappa shape index (κ2) is 10.8. The summed E-state index contributed by atoms with van der Waals surface area (Å²) < 4.78 is 0. The average Bonchev–Trinajstić information content (AvgIpc) is 3.27. The molecule has 3 aliphatic rings. The van der Waals surface area contributed by atoms with Crippen LogP contribution in [0.5, 0.6) is 0 Å². The Morgan fingerprint density at radius 3 is 2.73 bits per heavy atom. The average molecular weight is 402 g/mol. The van der Waals surface area contributed by atoms with Gasteiger partial charge >= 0.3 is 0 Å². The normalized spacial score (nSPS) is 18.2. The quantitative estimate of drug-likeness (QED) is 0.582. The molecule has 3 heteroatoms. The van der Waals surface area contributed by atoms with Gasteiger partial charge in [0.2, 0.25) is 0 Å². The summed E-state index contributed by atoms with van der Waals surface area (Å²) in [5.74, 6) is 0. The SMILES string of the molecule is C=C=C(NC1=Cc2nc(C3=CCC=C3)ccc2C=C=C1)C(C)N1CCCCC1.CC.[HH]. The van der Waals surface area contributed by atoms with Crippen LogP contribution in [-0.4, -0.2) is 29.0 Å². The molecule has 1 aromatic heterocycles. The second-order valence-corrected chi connectivity index (χ2v) is 7.51. The van der Waals surface area contributed by atoms with Gasteiger partial charge in [-0.2, -0.15) is 0 Å². The fraction of sp³-hybridized carbons (Fsp3) is 0.370. The van der Waals surface area contributed by atoms with E-state index in [1.54, 1.807) is 0 Å². The third-order valence-electron chi connectivity index (χ3n) is 5.62. The molecule has 1 N–H and O–H groups in total. The van der Waals surface area contributed by atoms with Crippen molar-refractivity contribution in [1.82, 2.24) is 15.2 Å². The lowest BCUT2D eigenvalue weighted by molar-refractivity contribution is 0.191. The molecule has 1 atom stereocenters. The van der Waals surface area contributed by atoms with Crippen LogP contribution in [0.25, 0.3) is 17.7 Å². The predicted octanol–water partition coefficient (Wildman–Crippen LogP) is 6.35. The van der Waals surface area contributed by atoms with E-state index in [4.69, 9.17) is 4.98 Å². The van der Waals surface area contributed by atoms with Crippen LogP contribution in [0.4, 0.5) is 0 Å². The summed E-state index contributed by atoms with van der Waals surface area (Å²) >= 11 is 0. The first kappa shape index (κ1) is 21.9. The number of pyridine rings is 1. The van der Waals surface area contributed by atoms with Gasteiger partial charge in [-0.15, -0.1) is 11.5 Å². The lowest BCUT2D eigenvalue weighted by Gasteiger charge is -2.33. The van der Waals surface area contributed by atoms with Gasteiger partial charge in [-0.3, -0.25) is 4.90 Å². The summed E-state index contributed by atoms with van der Waals surface area (Å²) in [5, 5.41) is 3.53. The lowest BCUT2D eigenvalue weighted by Crippen LogP contribution is -2.41. The summed E-state index contributed by atoms with van der Waals surface area (Å²) in [7, 11) is 0. The maximum Gasteiger partial charge on any atom is 0.0748 e. The van der Waals surface area contributed by atoms with Crippen molar-refractivity contribution >= 4 is 17.7 Å². The van der Waals surface area contributed by atoms with Crippen LogP contribution in [0, 0.1) is 0 Å². The van der Waals surface area contributed by atoms with E-state index < -0.39 is 0 Å². The molecule has 0 saturated carbocycles. The molecule has 0 radical (unpaired) electrons. The Hall–Kier alpha value is -2.83. The van der Waals surface area contributed by atoms with Crippen molar-refractivity contribution in [2.45, 2.75) is 52.5 Å². The number of nitrogens with one attached hydrogen (secondary N) is 1. The van der Waals surface area contributed by atoms with Crippen molar-refractivity contribution in [1.29, 1.82) is 0 Å². The van der Waals surface area contributed by atoms with E-state index in [1.165, 1.54) is 24.8 Å². The zero-order valence-corrected chi connectivity index (χ0v) is 18.5. The van der Waals surface area contributed by atoms with Crippen LogP contribution in [0.1, 0.15) is 64.8 Å². The van der Waals surface area contributed by atoms with Gasteiger partial charge in [0, 0.05) is 18.8 Å². The van der Waals surface area contributed by atoms with Crippen molar-refractivity contribution in [3.05, 3.63) is 82.8 Å². The molecule has 3 nitrogen and oxygen atoms in total. The molecule has 0 spiro atoms.